The predicted molar refractivity (Wildman–Crippen MR) is 169 cm³/mol. The van der Waals surface area contributed by atoms with Crippen LogP contribution in [-0.4, -0.2) is 74.3 Å². The number of likely N-dealkylation sites (N-methyl/N-ethyl adjacent to an activating group) is 1. The second-order valence-electron chi connectivity index (χ2n) is 11.1. The summed E-state index contributed by atoms with van der Waals surface area (Å²) in [6.45, 7) is 3.74. The van der Waals surface area contributed by atoms with E-state index in [4.69, 9.17) is 0 Å². The molecule has 0 atom stereocenters. The maximum Gasteiger partial charge on any atom is 0.265 e. The zero-order valence-corrected chi connectivity index (χ0v) is 25.4. The van der Waals surface area contributed by atoms with E-state index in [9.17, 15) is 14.0 Å². The van der Waals surface area contributed by atoms with Gasteiger partial charge < -0.3 is 25.3 Å². The van der Waals surface area contributed by atoms with Crippen LogP contribution in [0.25, 0.3) is 5.57 Å². The first kappa shape index (κ1) is 30.4. The van der Waals surface area contributed by atoms with Gasteiger partial charge in [-0.3, -0.25) is 9.59 Å². The molecule has 3 heterocycles. The zero-order chi connectivity index (χ0) is 30.5. The molecule has 0 saturated carbocycles. The molecule has 2 aliphatic rings. The second-order valence-corrected chi connectivity index (χ2v) is 12.3. The van der Waals surface area contributed by atoms with E-state index < -0.39 is 17.5 Å². The molecule has 1 aromatic carbocycles. The van der Waals surface area contributed by atoms with Crippen LogP contribution >= 0.6 is 11.3 Å². The molecular weight excluding hydrogens is 570 g/mol. The number of hydrogen-bond donors (Lipinski definition) is 2. The molecule has 1 aliphatic carbocycles. The van der Waals surface area contributed by atoms with Crippen LogP contribution in [0, 0.1) is 11.6 Å². The second kappa shape index (κ2) is 13.5. The van der Waals surface area contributed by atoms with Crippen LogP contribution < -0.4 is 15.5 Å². The lowest BCUT2D eigenvalue weighted by Gasteiger charge is -2.33. The first-order chi connectivity index (χ1) is 20.7. The standard InChI is InChI=1S/C32H36F2N6O2S/c1-38(2)19-22(14-24(20-41)36-30-9-8-25(18-35-30)40-12-10-39(3)11-13-40)26-16-23(33)17-27(31(26)34)37-32(42)29-15-21-6-4-5-7-28(21)43-29/h8-9,14-20H,4-7,10-13H2,1-3H3,(H,35,36)(H,37,42)/b22-19+,24-14+. The number of piperazine rings is 1. The smallest absolute Gasteiger partial charge is 0.265 e. The number of pyridine rings is 1. The fourth-order valence-electron chi connectivity index (χ4n) is 5.27. The summed E-state index contributed by atoms with van der Waals surface area (Å²) in [5, 5.41) is 5.54. The Bertz CT molecular complexity index is 1520. The SMILES string of the molecule is CN(C)/C=C(\C=C(/C=O)Nc1ccc(N2CCN(C)CC2)cn1)c1cc(F)cc(NC(=O)c2cc3c(s2)CCCC3)c1F. The number of carbonyl (C=O) groups is 2. The van der Waals surface area contributed by atoms with Crippen molar-refractivity contribution in [2.45, 2.75) is 25.7 Å². The molecule has 0 radical (unpaired) electrons. The molecule has 1 amide bonds. The van der Waals surface area contributed by atoms with E-state index in [2.05, 4.69) is 32.5 Å². The molecule has 0 unspecified atom stereocenters. The third kappa shape index (κ3) is 7.47. The van der Waals surface area contributed by atoms with Gasteiger partial charge in [0.2, 0.25) is 0 Å². The molecule has 43 heavy (non-hydrogen) atoms. The van der Waals surface area contributed by atoms with E-state index in [1.54, 1.807) is 37.5 Å². The Kier molecular flexibility index (Phi) is 9.52. The van der Waals surface area contributed by atoms with Crippen molar-refractivity contribution in [2.75, 3.05) is 62.9 Å². The Balaban J connectivity index is 1.38. The van der Waals surface area contributed by atoms with Gasteiger partial charge in [-0.2, -0.15) is 0 Å². The number of amides is 1. The molecule has 2 N–H and O–H groups in total. The van der Waals surface area contributed by atoms with Crippen LogP contribution in [-0.2, 0) is 17.6 Å². The summed E-state index contributed by atoms with van der Waals surface area (Å²) in [7, 11) is 5.57. The van der Waals surface area contributed by atoms with E-state index in [1.807, 2.05) is 12.1 Å². The highest BCUT2D eigenvalue weighted by atomic mass is 32.1. The molecular formula is C32H36F2N6O2S. The Hall–Kier alpha value is -4.09. The summed E-state index contributed by atoms with van der Waals surface area (Å²) in [6.07, 6.45) is 9.37. The highest BCUT2D eigenvalue weighted by Gasteiger charge is 2.21. The van der Waals surface area contributed by atoms with E-state index >= 15 is 4.39 Å². The van der Waals surface area contributed by atoms with Gasteiger partial charge in [-0.05, 0) is 68.6 Å². The zero-order valence-electron chi connectivity index (χ0n) is 24.6. The number of benzene rings is 1. The summed E-state index contributed by atoms with van der Waals surface area (Å²) in [4.78, 5) is 37.4. The Labute approximate surface area is 254 Å². The molecule has 2 aromatic heterocycles. The average molecular weight is 607 g/mol. The largest absolute Gasteiger partial charge is 0.383 e. The highest BCUT2D eigenvalue weighted by Crippen LogP contribution is 2.32. The maximum absolute atomic E-state index is 15.9. The normalized spacial score (nSPS) is 16.1. The molecule has 1 aliphatic heterocycles. The summed E-state index contributed by atoms with van der Waals surface area (Å²) < 4.78 is 30.7. The van der Waals surface area contributed by atoms with Gasteiger partial charge in [0.25, 0.3) is 5.91 Å². The molecule has 1 fully saturated rings. The molecule has 0 bridgehead atoms. The van der Waals surface area contributed by atoms with E-state index in [-0.39, 0.29) is 22.5 Å². The summed E-state index contributed by atoms with van der Waals surface area (Å²) in [5.41, 5.74) is 2.10. The van der Waals surface area contributed by atoms with Crippen LogP contribution in [0.4, 0.5) is 26.0 Å². The number of rotatable bonds is 9. The molecule has 11 heteroatoms. The first-order valence-corrected chi connectivity index (χ1v) is 15.2. The Morgan fingerprint density at radius 1 is 1.05 bits per heavy atom. The van der Waals surface area contributed by atoms with Gasteiger partial charge in [-0.15, -0.1) is 11.3 Å². The molecule has 226 valence electrons. The average Bonchev–Trinajstić information content (AvgIpc) is 3.43. The number of nitrogens with one attached hydrogen (secondary N) is 2. The molecule has 8 nitrogen and oxygen atoms in total. The van der Waals surface area contributed by atoms with Crippen molar-refractivity contribution in [3.63, 3.8) is 0 Å². The minimum atomic E-state index is -0.805. The van der Waals surface area contributed by atoms with Crippen LogP contribution in [0.15, 0.2) is 54.5 Å². The molecule has 0 spiro atoms. The molecule has 3 aromatic rings. The number of anilines is 3. The number of halogens is 2. The minimum absolute atomic E-state index is 0.103. The van der Waals surface area contributed by atoms with Gasteiger partial charge in [0, 0.05) is 68.6 Å². The fraction of sp³-hybridized carbons (Fsp3) is 0.344. The van der Waals surface area contributed by atoms with Crippen LogP contribution in [0.3, 0.4) is 0 Å². The van der Waals surface area contributed by atoms with Gasteiger partial charge in [0.1, 0.15) is 11.6 Å². The summed E-state index contributed by atoms with van der Waals surface area (Å²) in [6, 6.07) is 7.57. The number of aromatic nitrogens is 1. The van der Waals surface area contributed by atoms with E-state index in [0.717, 1.165) is 75.2 Å². The first-order valence-electron chi connectivity index (χ1n) is 14.3. The lowest BCUT2D eigenvalue weighted by atomic mass is 9.99. The summed E-state index contributed by atoms with van der Waals surface area (Å²) >= 11 is 1.40. The number of thiophene rings is 1. The Morgan fingerprint density at radius 3 is 2.49 bits per heavy atom. The van der Waals surface area contributed by atoms with Crippen molar-refractivity contribution in [1.82, 2.24) is 14.8 Å². The molecule has 5 rings (SSSR count). The molecule has 1 saturated heterocycles. The van der Waals surface area contributed by atoms with Crippen molar-refractivity contribution in [1.29, 1.82) is 0 Å². The van der Waals surface area contributed by atoms with Gasteiger partial charge in [0.05, 0.1) is 28.1 Å². The van der Waals surface area contributed by atoms with Crippen LogP contribution in [0.1, 0.15) is 38.5 Å². The number of nitrogens with zero attached hydrogens (tertiary/aromatic N) is 4. The van der Waals surface area contributed by atoms with Crippen LogP contribution in [0.2, 0.25) is 0 Å². The van der Waals surface area contributed by atoms with Gasteiger partial charge >= 0.3 is 0 Å². The third-order valence-electron chi connectivity index (χ3n) is 7.54. The van der Waals surface area contributed by atoms with Crippen molar-refractivity contribution in [2.24, 2.45) is 0 Å². The summed E-state index contributed by atoms with van der Waals surface area (Å²) in [5.74, 6) is -1.58. The van der Waals surface area contributed by atoms with Crippen molar-refractivity contribution < 1.29 is 18.4 Å². The number of hydrogen-bond acceptors (Lipinski definition) is 8. The highest BCUT2D eigenvalue weighted by molar-refractivity contribution is 7.14. The monoisotopic (exact) mass is 606 g/mol. The number of fused-ring (bicyclic) bond motifs is 1. The topological polar surface area (TPSA) is 80.8 Å². The number of aldehydes is 1. The lowest BCUT2D eigenvalue weighted by molar-refractivity contribution is -0.104. The van der Waals surface area contributed by atoms with Crippen molar-refractivity contribution in [3.05, 3.63) is 87.0 Å². The number of aryl methyl sites for hydroxylation is 2. The predicted octanol–water partition coefficient (Wildman–Crippen LogP) is 5.40. The van der Waals surface area contributed by atoms with Gasteiger partial charge in [-0.25, -0.2) is 13.8 Å². The Morgan fingerprint density at radius 2 is 1.81 bits per heavy atom. The van der Waals surface area contributed by atoms with Crippen molar-refractivity contribution >= 4 is 46.3 Å². The number of allylic oxidation sites excluding steroid dienone is 3. The third-order valence-corrected chi connectivity index (χ3v) is 8.78. The fourth-order valence-corrected chi connectivity index (χ4v) is 6.42. The quantitative estimate of drug-likeness (QED) is 0.192. The number of carbonyl (C=O) groups excluding carboxylic acids is 2. The van der Waals surface area contributed by atoms with Gasteiger partial charge in [0.15, 0.2) is 12.1 Å². The van der Waals surface area contributed by atoms with Crippen molar-refractivity contribution in [3.8, 4) is 0 Å². The minimum Gasteiger partial charge on any atom is -0.383 e. The maximum atomic E-state index is 15.9. The lowest BCUT2D eigenvalue weighted by Crippen LogP contribution is -2.44. The van der Waals surface area contributed by atoms with E-state index in [1.165, 1.54) is 22.3 Å². The van der Waals surface area contributed by atoms with E-state index in [0.29, 0.717) is 17.0 Å². The van der Waals surface area contributed by atoms with Gasteiger partial charge in [-0.1, -0.05) is 0 Å². The van der Waals surface area contributed by atoms with Crippen LogP contribution in [0.5, 0.6) is 0 Å².